The molecule has 7 nitrogen and oxygen atoms in total. The zero-order valence-electron chi connectivity index (χ0n) is 13.4. The first kappa shape index (κ1) is 16.6. The normalized spacial score (nSPS) is 22.2. The molecule has 3 rings (SSSR count). The van der Waals surface area contributed by atoms with E-state index in [9.17, 15) is 13.2 Å². The summed E-state index contributed by atoms with van der Waals surface area (Å²) in [6.45, 7) is 3.74. The third kappa shape index (κ3) is 3.49. The number of aromatic nitrogens is 2. The Labute approximate surface area is 136 Å². The van der Waals surface area contributed by atoms with Gasteiger partial charge in [0.1, 0.15) is 0 Å². The quantitative estimate of drug-likeness (QED) is 0.780. The van der Waals surface area contributed by atoms with Crippen LogP contribution < -0.4 is 5.56 Å². The molecule has 0 aromatic carbocycles. The summed E-state index contributed by atoms with van der Waals surface area (Å²) < 4.78 is 33.5. The summed E-state index contributed by atoms with van der Waals surface area (Å²) in [4.78, 5) is 16.5. The van der Waals surface area contributed by atoms with Crippen molar-refractivity contribution in [1.29, 1.82) is 0 Å². The largest absolute Gasteiger partial charge is 0.378 e. The molecule has 2 aliphatic heterocycles. The van der Waals surface area contributed by atoms with Gasteiger partial charge in [-0.2, -0.15) is 4.31 Å². The maximum Gasteiger partial charge on any atom is 0.256 e. The van der Waals surface area contributed by atoms with Gasteiger partial charge in [-0.15, -0.1) is 0 Å². The molecule has 0 bridgehead atoms. The van der Waals surface area contributed by atoms with Crippen LogP contribution in [0.4, 0.5) is 0 Å². The van der Waals surface area contributed by atoms with Gasteiger partial charge >= 0.3 is 0 Å². The third-order valence-corrected chi connectivity index (χ3v) is 6.46. The van der Waals surface area contributed by atoms with Gasteiger partial charge in [0, 0.05) is 25.3 Å². The van der Waals surface area contributed by atoms with Gasteiger partial charge < -0.3 is 4.74 Å². The maximum absolute atomic E-state index is 12.5. The van der Waals surface area contributed by atoms with Crippen LogP contribution in [0, 0.1) is 0 Å². The summed E-state index contributed by atoms with van der Waals surface area (Å²) in [5, 5.41) is 0. The van der Waals surface area contributed by atoms with Crippen LogP contribution in [0.2, 0.25) is 0 Å². The smallest absolute Gasteiger partial charge is 0.256 e. The highest BCUT2D eigenvalue weighted by Gasteiger charge is 2.30. The number of sulfonamides is 1. The van der Waals surface area contributed by atoms with Crippen molar-refractivity contribution in [2.45, 2.75) is 51.8 Å². The molecule has 1 aromatic rings. The van der Waals surface area contributed by atoms with Crippen LogP contribution in [0.5, 0.6) is 0 Å². The Bertz CT molecular complexity index is 723. The Morgan fingerprint density at radius 3 is 2.96 bits per heavy atom. The second-order valence-corrected chi connectivity index (χ2v) is 8.17. The average Bonchev–Trinajstić information content (AvgIpc) is 3.07. The first-order valence-corrected chi connectivity index (χ1v) is 9.79. The van der Waals surface area contributed by atoms with Crippen molar-refractivity contribution in [1.82, 2.24) is 13.9 Å². The van der Waals surface area contributed by atoms with E-state index in [1.54, 1.807) is 4.57 Å². The molecule has 0 radical (unpaired) electrons. The predicted molar refractivity (Wildman–Crippen MR) is 85.7 cm³/mol. The van der Waals surface area contributed by atoms with Crippen molar-refractivity contribution in [3.8, 4) is 0 Å². The Morgan fingerprint density at radius 2 is 2.26 bits per heavy atom. The minimum Gasteiger partial charge on any atom is -0.378 e. The van der Waals surface area contributed by atoms with Crippen molar-refractivity contribution < 1.29 is 13.2 Å². The van der Waals surface area contributed by atoms with Gasteiger partial charge in [0.2, 0.25) is 10.0 Å². The van der Waals surface area contributed by atoms with Gasteiger partial charge in [-0.05, 0) is 32.6 Å². The number of ether oxygens (including phenoxy) is 1. The highest BCUT2D eigenvalue weighted by molar-refractivity contribution is 7.89. The fourth-order valence-electron chi connectivity index (χ4n) is 3.18. The van der Waals surface area contributed by atoms with Crippen LogP contribution in [0.25, 0.3) is 0 Å². The molecule has 2 aliphatic rings. The lowest BCUT2D eigenvalue weighted by Crippen LogP contribution is -2.41. The maximum atomic E-state index is 12.5. The molecule has 0 spiro atoms. The second kappa shape index (κ2) is 6.70. The van der Waals surface area contributed by atoms with Gasteiger partial charge in [0.15, 0.2) is 0 Å². The summed E-state index contributed by atoms with van der Waals surface area (Å²) in [5.41, 5.74) is 1.19. The highest BCUT2D eigenvalue weighted by atomic mass is 32.2. The third-order valence-electron chi connectivity index (χ3n) is 4.61. The van der Waals surface area contributed by atoms with Crippen LogP contribution in [0.3, 0.4) is 0 Å². The van der Waals surface area contributed by atoms with E-state index in [1.165, 1.54) is 10.6 Å². The van der Waals surface area contributed by atoms with Crippen molar-refractivity contribution in [2.24, 2.45) is 0 Å². The molecule has 23 heavy (non-hydrogen) atoms. The lowest BCUT2D eigenvalue weighted by Gasteiger charge is -2.27. The van der Waals surface area contributed by atoms with Gasteiger partial charge in [-0.1, -0.05) is 0 Å². The molecular weight excluding hydrogens is 318 g/mol. The SMILES string of the molecule is CCn1cnc2c(c1=O)CCN(S(=O)(=O)CC[C@H]1CCCO1)C2. The molecule has 1 aromatic heterocycles. The molecule has 0 aliphatic carbocycles. The van der Waals surface area contributed by atoms with Crippen LogP contribution in [0.15, 0.2) is 11.1 Å². The molecule has 3 heterocycles. The number of hydrogen-bond donors (Lipinski definition) is 0. The summed E-state index contributed by atoms with van der Waals surface area (Å²) in [6, 6.07) is 0. The Kier molecular flexibility index (Phi) is 4.84. The van der Waals surface area contributed by atoms with Crippen LogP contribution in [0.1, 0.15) is 37.4 Å². The molecule has 0 saturated carbocycles. The molecule has 0 amide bonds. The standard InChI is InChI=1S/C15H23N3O4S/c1-2-17-11-16-14-10-18(7-5-13(14)15(17)19)23(20,21)9-6-12-4-3-8-22-12/h11-12H,2-10H2,1H3/t12-/m1/s1. The van der Waals surface area contributed by atoms with E-state index in [1.807, 2.05) is 6.92 Å². The Balaban J connectivity index is 1.70. The first-order chi connectivity index (χ1) is 11.0. The van der Waals surface area contributed by atoms with Crippen molar-refractivity contribution in [3.05, 3.63) is 27.9 Å². The number of aryl methyl sites for hydroxylation is 1. The van der Waals surface area contributed by atoms with Crippen molar-refractivity contribution in [2.75, 3.05) is 18.9 Å². The number of rotatable bonds is 5. The lowest BCUT2D eigenvalue weighted by molar-refractivity contribution is 0.108. The fourth-order valence-corrected chi connectivity index (χ4v) is 4.69. The highest BCUT2D eigenvalue weighted by Crippen LogP contribution is 2.20. The number of fused-ring (bicyclic) bond motifs is 1. The van der Waals surface area contributed by atoms with E-state index in [4.69, 9.17) is 4.74 Å². The summed E-state index contributed by atoms with van der Waals surface area (Å²) in [7, 11) is -3.34. The van der Waals surface area contributed by atoms with Gasteiger partial charge in [0.05, 0.1) is 30.4 Å². The average molecular weight is 341 g/mol. The van der Waals surface area contributed by atoms with Crippen LogP contribution in [-0.2, 0) is 34.3 Å². The predicted octanol–water partition coefficient (Wildman–Crippen LogP) is 0.520. The Hall–Kier alpha value is -1.25. The summed E-state index contributed by atoms with van der Waals surface area (Å²) in [5.74, 6) is 0.0963. The van der Waals surface area contributed by atoms with Gasteiger partial charge in [0.25, 0.3) is 5.56 Å². The van der Waals surface area contributed by atoms with Crippen molar-refractivity contribution in [3.63, 3.8) is 0 Å². The number of nitrogens with zero attached hydrogens (tertiary/aromatic N) is 3. The summed E-state index contributed by atoms with van der Waals surface area (Å²) in [6.07, 6.45) is 4.49. The molecule has 8 heteroatoms. The molecular formula is C15H23N3O4S. The van der Waals surface area contributed by atoms with E-state index in [2.05, 4.69) is 4.98 Å². The molecule has 0 unspecified atom stereocenters. The minimum absolute atomic E-state index is 0.0473. The zero-order valence-corrected chi connectivity index (χ0v) is 14.2. The monoisotopic (exact) mass is 341 g/mol. The first-order valence-electron chi connectivity index (χ1n) is 8.18. The summed E-state index contributed by atoms with van der Waals surface area (Å²) >= 11 is 0. The van der Waals surface area contributed by atoms with E-state index in [-0.39, 0.29) is 24.0 Å². The molecule has 0 N–H and O–H groups in total. The van der Waals surface area contributed by atoms with Crippen LogP contribution in [-0.4, -0.2) is 47.3 Å². The van der Waals surface area contributed by atoms with Crippen LogP contribution >= 0.6 is 0 Å². The molecule has 1 atom stereocenters. The second-order valence-electron chi connectivity index (χ2n) is 6.08. The Morgan fingerprint density at radius 1 is 1.43 bits per heavy atom. The van der Waals surface area contributed by atoms with E-state index in [0.29, 0.717) is 37.2 Å². The van der Waals surface area contributed by atoms with Gasteiger partial charge in [-0.25, -0.2) is 13.4 Å². The lowest BCUT2D eigenvalue weighted by atomic mass is 10.1. The van der Waals surface area contributed by atoms with E-state index < -0.39 is 10.0 Å². The van der Waals surface area contributed by atoms with E-state index in [0.717, 1.165) is 19.4 Å². The fraction of sp³-hybridized carbons (Fsp3) is 0.733. The molecule has 1 fully saturated rings. The minimum atomic E-state index is -3.34. The topological polar surface area (TPSA) is 81.5 Å². The van der Waals surface area contributed by atoms with Gasteiger partial charge in [-0.3, -0.25) is 9.36 Å². The van der Waals surface area contributed by atoms with E-state index >= 15 is 0 Å². The van der Waals surface area contributed by atoms with Crippen molar-refractivity contribution >= 4 is 10.0 Å². The zero-order chi connectivity index (χ0) is 16.4. The molecule has 128 valence electrons. The molecule has 1 saturated heterocycles. The number of hydrogen-bond acceptors (Lipinski definition) is 5.